The summed E-state index contributed by atoms with van der Waals surface area (Å²) in [7, 11) is 0. The number of urea groups is 1. The van der Waals surface area contributed by atoms with Crippen molar-refractivity contribution in [2.45, 2.75) is 40.7 Å². The monoisotopic (exact) mass is 297 g/mol. The van der Waals surface area contributed by atoms with Crippen LogP contribution in [0, 0.1) is 19.8 Å². The standard InChI is InChI=1S/C14H23N3O4/c1-6-17(7-8(2)13(18)19)14(20)15-9(3)12-10(4)16-21-11(12)5/h8-9H,6-7H2,1-5H3,(H,15,20)(H,18,19). The molecule has 0 saturated heterocycles. The van der Waals surface area contributed by atoms with E-state index in [-0.39, 0.29) is 18.6 Å². The molecule has 0 fully saturated rings. The second-order valence-electron chi connectivity index (χ2n) is 5.19. The number of aromatic nitrogens is 1. The predicted octanol–water partition coefficient (Wildman–Crippen LogP) is 2.10. The second kappa shape index (κ2) is 7.10. The van der Waals surface area contributed by atoms with E-state index in [0.29, 0.717) is 12.3 Å². The summed E-state index contributed by atoms with van der Waals surface area (Å²) in [4.78, 5) is 24.6. The zero-order valence-corrected chi connectivity index (χ0v) is 13.1. The average molecular weight is 297 g/mol. The van der Waals surface area contributed by atoms with Gasteiger partial charge in [0.05, 0.1) is 17.7 Å². The Hall–Kier alpha value is -2.05. The van der Waals surface area contributed by atoms with Gasteiger partial charge in [0, 0.05) is 18.7 Å². The number of carboxylic acids is 1. The van der Waals surface area contributed by atoms with Crippen LogP contribution in [0.4, 0.5) is 4.79 Å². The first-order valence-electron chi connectivity index (χ1n) is 6.98. The highest BCUT2D eigenvalue weighted by Gasteiger charge is 2.23. The van der Waals surface area contributed by atoms with Gasteiger partial charge in [-0.1, -0.05) is 12.1 Å². The maximum Gasteiger partial charge on any atom is 0.317 e. The fraction of sp³-hybridized carbons (Fsp3) is 0.643. The first kappa shape index (κ1) is 17.0. The lowest BCUT2D eigenvalue weighted by atomic mass is 10.1. The van der Waals surface area contributed by atoms with Crippen molar-refractivity contribution in [3.8, 4) is 0 Å². The number of carboxylic acid groups (broad SMARTS) is 1. The van der Waals surface area contributed by atoms with E-state index in [1.807, 2.05) is 20.8 Å². The number of aryl methyl sites for hydroxylation is 2. The summed E-state index contributed by atoms with van der Waals surface area (Å²) in [5, 5.41) is 15.7. The Morgan fingerprint density at radius 3 is 2.43 bits per heavy atom. The minimum Gasteiger partial charge on any atom is -0.481 e. The lowest BCUT2D eigenvalue weighted by Crippen LogP contribution is -2.44. The van der Waals surface area contributed by atoms with Crippen molar-refractivity contribution < 1.29 is 19.2 Å². The van der Waals surface area contributed by atoms with Crippen LogP contribution in [0.15, 0.2) is 4.52 Å². The fourth-order valence-electron chi connectivity index (χ4n) is 2.22. The Morgan fingerprint density at radius 1 is 1.38 bits per heavy atom. The molecule has 0 aliphatic heterocycles. The van der Waals surface area contributed by atoms with Crippen molar-refractivity contribution in [1.82, 2.24) is 15.4 Å². The van der Waals surface area contributed by atoms with E-state index >= 15 is 0 Å². The molecule has 2 atom stereocenters. The van der Waals surface area contributed by atoms with Gasteiger partial charge in [0.2, 0.25) is 0 Å². The van der Waals surface area contributed by atoms with E-state index in [1.54, 1.807) is 13.8 Å². The zero-order chi connectivity index (χ0) is 16.2. The van der Waals surface area contributed by atoms with Crippen molar-refractivity contribution in [2.75, 3.05) is 13.1 Å². The third-order valence-corrected chi connectivity index (χ3v) is 3.45. The number of carbonyl (C=O) groups excluding carboxylic acids is 1. The molecule has 1 aromatic rings. The minimum absolute atomic E-state index is 0.173. The molecule has 0 bridgehead atoms. The molecule has 1 aromatic heterocycles. The Labute approximate surface area is 124 Å². The molecule has 2 amide bonds. The van der Waals surface area contributed by atoms with Gasteiger partial charge in [-0.15, -0.1) is 0 Å². The topological polar surface area (TPSA) is 95.7 Å². The van der Waals surface area contributed by atoms with Gasteiger partial charge in [-0.25, -0.2) is 4.79 Å². The van der Waals surface area contributed by atoms with Gasteiger partial charge in [0.1, 0.15) is 5.76 Å². The van der Waals surface area contributed by atoms with Crippen LogP contribution in [0.25, 0.3) is 0 Å². The lowest BCUT2D eigenvalue weighted by Gasteiger charge is -2.25. The van der Waals surface area contributed by atoms with Crippen LogP contribution in [0.1, 0.15) is 43.8 Å². The van der Waals surface area contributed by atoms with Crippen molar-refractivity contribution in [1.29, 1.82) is 0 Å². The molecule has 118 valence electrons. The largest absolute Gasteiger partial charge is 0.481 e. The van der Waals surface area contributed by atoms with E-state index in [1.165, 1.54) is 4.90 Å². The highest BCUT2D eigenvalue weighted by Crippen LogP contribution is 2.21. The van der Waals surface area contributed by atoms with Gasteiger partial charge in [-0.2, -0.15) is 0 Å². The van der Waals surface area contributed by atoms with Gasteiger partial charge >= 0.3 is 12.0 Å². The first-order valence-corrected chi connectivity index (χ1v) is 6.98. The Bertz CT molecular complexity index is 493. The molecule has 21 heavy (non-hydrogen) atoms. The first-order chi connectivity index (χ1) is 9.77. The maximum absolute atomic E-state index is 12.2. The van der Waals surface area contributed by atoms with Crippen LogP contribution >= 0.6 is 0 Å². The smallest absolute Gasteiger partial charge is 0.317 e. The molecule has 0 aliphatic carbocycles. The molecular weight excluding hydrogens is 274 g/mol. The van der Waals surface area contributed by atoms with E-state index in [0.717, 1.165) is 11.3 Å². The third kappa shape index (κ3) is 4.21. The summed E-state index contributed by atoms with van der Waals surface area (Å²) in [5.74, 6) is -0.854. The molecule has 0 spiro atoms. The summed E-state index contributed by atoms with van der Waals surface area (Å²) in [6.45, 7) is 9.47. The van der Waals surface area contributed by atoms with Gasteiger partial charge in [0.15, 0.2) is 0 Å². The minimum atomic E-state index is -0.917. The molecule has 0 radical (unpaired) electrons. The normalized spacial score (nSPS) is 13.6. The van der Waals surface area contributed by atoms with Crippen LogP contribution in [-0.4, -0.2) is 40.3 Å². The molecule has 1 heterocycles. The van der Waals surface area contributed by atoms with E-state index in [9.17, 15) is 9.59 Å². The highest BCUT2D eigenvalue weighted by molar-refractivity contribution is 5.76. The van der Waals surface area contributed by atoms with Crippen LogP contribution < -0.4 is 5.32 Å². The van der Waals surface area contributed by atoms with Gasteiger partial charge in [-0.05, 0) is 27.7 Å². The summed E-state index contributed by atoms with van der Waals surface area (Å²) in [6, 6.07) is -0.545. The molecule has 7 nitrogen and oxygen atoms in total. The third-order valence-electron chi connectivity index (χ3n) is 3.45. The van der Waals surface area contributed by atoms with Crippen molar-refractivity contribution in [3.05, 3.63) is 17.0 Å². The molecular formula is C14H23N3O4. The number of aliphatic carboxylic acids is 1. The SMILES string of the molecule is CCN(CC(C)C(=O)O)C(=O)NC(C)c1c(C)noc1C. The highest BCUT2D eigenvalue weighted by atomic mass is 16.5. The van der Waals surface area contributed by atoms with E-state index in [4.69, 9.17) is 9.63 Å². The molecule has 0 aromatic carbocycles. The number of nitrogens with zero attached hydrogens (tertiary/aromatic N) is 2. The van der Waals surface area contributed by atoms with Crippen LogP contribution in [-0.2, 0) is 4.79 Å². The van der Waals surface area contributed by atoms with E-state index in [2.05, 4.69) is 10.5 Å². The number of rotatable bonds is 6. The van der Waals surface area contributed by atoms with Gasteiger partial charge < -0.3 is 19.8 Å². The Balaban J connectivity index is 2.72. The molecule has 7 heteroatoms. The molecule has 0 saturated carbocycles. The van der Waals surface area contributed by atoms with Crippen LogP contribution in [0.5, 0.6) is 0 Å². The van der Waals surface area contributed by atoms with Crippen LogP contribution in [0.2, 0.25) is 0 Å². The second-order valence-corrected chi connectivity index (χ2v) is 5.19. The number of amides is 2. The molecule has 2 N–H and O–H groups in total. The number of hydrogen-bond acceptors (Lipinski definition) is 4. The molecule has 1 rings (SSSR count). The number of hydrogen-bond donors (Lipinski definition) is 2. The molecule has 2 unspecified atom stereocenters. The van der Waals surface area contributed by atoms with Crippen molar-refractivity contribution in [3.63, 3.8) is 0 Å². The van der Waals surface area contributed by atoms with Crippen molar-refractivity contribution >= 4 is 12.0 Å². The summed E-state index contributed by atoms with van der Waals surface area (Å²) in [5.41, 5.74) is 1.59. The number of carbonyl (C=O) groups is 2. The van der Waals surface area contributed by atoms with Crippen LogP contribution in [0.3, 0.4) is 0 Å². The maximum atomic E-state index is 12.2. The fourth-order valence-corrected chi connectivity index (χ4v) is 2.22. The Morgan fingerprint density at radius 2 is 2.00 bits per heavy atom. The molecule has 0 aliphatic rings. The summed E-state index contributed by atoms with van der Waals surface area (Å²) in [6.07, 6.45) is 0. The quantitative estimate of drug-likeness (QED) is 0.838. The van der Waals surface area contributed by atoms with Gasteiger partial charge in [0.25, 0.3) is 0 Å². The Kier molecular flexibility index (Phi) is 5.75. The summed E-state index contributed by atoms with van der Waals surface area (Å²) < 4.78 is 5.09. The average Bonchev–Trinajstić information content (AvgIpc) is 2.74. The lowest BCUT2D eigenvalue weighted by molar-refractivity contribution is -0.141. The predicted molar refractivity (Wildman–Crippen MR) is 77.0 cm³/mol. The van der Waals surface area contributed by atoms with Crippen molar-refractivity contribution in [2.24, 2.45) is 5.92 Å². The summed E-state index contributed by atoms with van der Waals surface area (Å²) >= 11 is 0. The van der Waals surface area contributed by atoms with E-state index < -0.39 is 11.9 Å². The van der Waals surface area contributed by atoms with Gasteiger partial charge in [-0.3, -0.25) is 4.79 Å². The number of nitrogens with one attached hydrogen (secondary N) is 1. The zero-order valence-electron chi connectivity index (χ0n) is 13.1.